The minimum absolute atomic E-state index is 0.00171. The third kappa shape index (κ3) is 6.89. The van der Waals surface area contributed by atoms with E-state index in [1.54, 1.807) is 0 Å². The molecule has 4 saturated carbocycles. The third-order valence-electron chi connectivity index (χ3n) is 16.1. The lowest BCUT2D eigenvalue weighted by Crippen LogP contribution is -2.67. The van der Waals surface area contributed by atoms with Gasteiger partial charge in [-0.1, -0.05) is 57.9 Å². The van der Waals surface area contributed by atoms with E-state index in [2.05, 4.69) is 67.5 Å². The summed E-state index contributed by atoms with van der Waals surface area (Å²) in [6, 6.07) is 0. The first-order valence-corrected chi connectivity index (χ1v) is 20.5. The summed E-state index contributed by atoms with van der Waals surface area (Å²) in [4.78, 5) is 0. The van der Waals surface area contributed by atoms with E-state index < -0.39 is 80.0 Å². The van der Waals surface area contributed by atoms with Crippen LogP contribution in [0.25, 0.3) is 0 Å². The van der Waals surface area contributed by atoms with Crippen molar-refractivity contribution in [1.82, 2.24) is 0 Å². The summed E-state index contributed by atoms with van der Waals surface area (Å²) in [7, 11) is 0. The maximum Gasteiger partial charge on any atom is 0.187 e. The van der Waals surface area contributed by atoms with Gasteiger partial charge in [0.1, 0.15) is 48.8 Å². The molecule has 6 aliphatic rings. The molecule has 0 aromatic rings. The highest BCUT2D eigenvalue weighted by Gasteiger charge is 2.70. The predicted molar refractivity (Wildman–Crippen MR) is 199 cm³/mol. The predicted octanol–water partition coefficient (Wildman–Crippen LogP) is 2.95. The molecule has 2 heterocycles. The molecule has 2 saturated heterocycles. The van der Waals surface area contributed by atoms with Gasteiger partial charge in [-0.3, -0.25) is 0 Å². The van der Waals surface area contributed by atoms with E-state index in [0.717, 1.165) is 44.9 Å². The van der Waals surface area contributed by atoms with Gasteiger partial charge in [0.15, 0.2) is 12.6 Å². The Hall–Kier alpha value is -1.00. The number of aliphatic hydroxyl groups is 8. The molecule has 0 radical (unpaired) electrons. The first-order valence-electron chi connectivity index (χ1n) is 20.5. The van der Waals surface area contributed by atoms with Crippen LogP contribution in [0.3, 0.4) is 0 Å². The van der Waals surface area contributed by atoms with Crippen LogP contribution in [-0.2, 0) is 18.9 Å². The second-order valence-corrected chi connectivity index (χ2v) is 19.4. The van der Waals surface area contributed by atoms with E-state index in [0.29, 0.717) is 18.3 Å². The minimum Gasteiger partial charge on any atom is -0.394 e. The van der Waals surface area contributed by atoms with Crippen molar-refractivity contribution in [1.29, 1.82) is 0 Å². The summed E-state index contributed by atoms with van der Waals surface area (Å²) in [5, 5.41) is 85.4. The van der Waals surface area contributed by atoms with Crippen molar-refractivity contribution in [2.75, 3.05) is 13.2 Å². The van der Waals surface area contributed by atoms with Gasteiger partial charge >= 0.3 is 0 Å². The van der Waals surface area contributed by atoms with E-state index in [4.69, 9.17) is 18.9 Å². The highest BCUT2D eigenvalue weighted by Crippen LogP contribution is 2.75. The van der Waals surface area contributed by atoms with E-state index in [1.165, 1.54) is 11.1 Å². The molecule has 0 aromatic heterocycles. The van der Waals surface area contributed by atoms with Gasteiger partial charge in [0, 0.05) is 0 Å². The van der Waals surface area contributed by atoms with Crippen LogP contribution >= 0.6 is 0 Å². The maximum atomic E-state index is 12.1. The zero-order valence-corrected chi connectivity index (χ0v) is 33.7. The quantitative estimate of drug-likeness (QED) is 0.126. The van der Waals surface area contributed by atoms with Crippen LogP contribution < -0.4 is 0 Å². The van der Waals surface area contributed by atoms with Crippen LogP contribution in [0.1, 0.15) is 107 Å². The van der Waals surface area contributed by atoms with Crippen molar-refractivity contribution in [3.05, 3.63) is 23.3 Å². The second kappa shape index (κ2) is 15.6. The van der Waals surface area contributed by atoms with Crippen LogP contribution in [0.2, 0.25) is 0 Å². The summed E-state index contributed by atoms with van der Waals surface area (Å²) < 4.78 is 24.4. The zero-order valence-electron chi connectivity index (χ0n) is 33.7. The van der Waals surface area contributed by atoms with Gasteiger partial charge in [-0.15, -0.1) is 0 Å². The van der Waals surface area contributed by atoms with Crippen LogP contribution in [0.4, 0.5) is 0 Å². The number of ether oxygens (including phenoxy) is 4. The molecule has 0 aromatic carbocycles. The first kappa shape index (κ1) is 42.6. The molecule has 6 rings (SSSR count). The van der Waals surface area contributed by atoms with Crippen LogP contribution in [0.5, 0.6) is 0 Å². The molecule has 0 bridgehead atoms. The Balaban J connectivity index is 1.23. The Labute approximate surface area is 321 Å². The lowest BCUT2D eigenvalue weighted by atomic mass is 9.35. The van der Waals surface area contributed by atoms with Crippen molar-refractivity contribution >= 4 is 0 Å². The Morgan fingerprint density at radius 2 is 1.28 bits per heavy atom. The van der Waals surface area contributed by atoms with Gasteiger partial charge in [0.2, 0.25) is 0 Å². The molecule has 0 amide bonds. The molecule has 2 aliphatic heterocycles. The number of hydrogen-bond acceptors (Lipinski definition) is 12. The average Bonchev–Trinajstić information content (AvgIpc) is 3.49. The molecule has 12 nitrogen and oxygen atoms in total. The Bertz CT molecular complexity index is 1380. The van der Waals surface area contributed by atoms with Gasteiger partial charge in [0.05, 0.1) is 25.4 Å². The number of rotatable bonds is 9. The monoisotopic (exact) mass is 766 g/mol. The number of fused-ring (bicyclic) bond motifs is 5. The summed E-state index contributed by atoms with van der Waals surface area (Å²) in [5.74, 6) is 1.14. The molecule has 310 valence electrons. The van der Waals surface area contributed by atoms with Crippen molar-refractivity contribution in [2.45, 2.75) is 180 Å². The molecule has 12 heteroatoms. The van der Waals surface area contributed by atoms with Crippen LogP contribution in [0, 0.1) is 45.3 Å². The zero-order chi connectivity index (χ0) is 39.7. The smallest absolute Gasteiger partial charge is 0.187 e. The Kier molecular flexibility index (Phi) is 12.3. The fraction of sp³-hybridized carbons (Fsp3) is 0.905. The molecule has 4 unspecified atom stereocenters. The maximum absolute atomic E-state index is 12.1. The van der Waals surface area contributed by atoms with E-state index in [1.807, 2.05) is 0 Å². The van der Waals surface area contributed by atoms with E-state index in [-0.39, 0.29) is 40.3 Å². The lowest BCUT2D eigenvalue weighted by Gasteiger charge is -2.70. The highest BCUT2D eigenvalue weighted by molar-refractivity contribution is 5.23. The fourth-order valence-corrected chi connectivity index (χ4v) is 12.9. The summed E-state index contributed by atoms with van der Waals surface area (Å²) in [6.07, 6.45) is -3.65. The molecule has 0 spiro atoms. The molecular weight excluding hydrogens is 696 g/mol. The first-order chi connectivity index (χ1) is 25.3. The average molecular weight is 767 g/mol. The summed E-state index contributed by atoms with van der Waals surface area (Å²) in [5.41, 5.74) is 2.29. The van der Waals surface area contributed by atoms with Gasteiger partial charge in [-0.25, -0.2) is 0 Å². The minimum atomic E-state index is -1.74. The largest absolute Gasteiger partial charge is 0.394 e. The van der Waals surface area contributed by atoms with E-state index in [9.17, 15) is 40.9 Å². The number of hydrogen-bond donors (Lipinski definition) is 8. The standard InChI is InChI=1S/C42H70O12/c1-21(2)10-9-11-22(3)23-12-16-42(8)30(23)24(45)18-28-40(6)15-14-29(39(4,5)27(40)13-17-41(28,42)7)53-38-36(34(49)32(47)26(20-44)52-38)54-37-35(50)33(48)31(46)25(19-43)51-37/h10-11,23-38,43-50H,9,12-20H2,1-8H3/b22-11+/t23?,24-,25-,26-,27?,28?,29+,30?,31-,32-,33+,34+,35-,36-,37+,38+,40+,41-,42-/m1/s1. The third-order valence-corrected chi connectivity index (χ3v) is 16.1. The topological polar surface area (TPSA) is 199 Å². The summed E-state index contributed by atoms with van der Waals surface area (Å²) in [6.45, 7) is 17.1. The number of allylic oxidation sites excluding steroid dienone is 4. The normalized spacial score (nSPS) is 51.9. The molecule has 19 atom stereocenters. The number of aliphatic hydroxyl groups excluding tert-OH is 8. The van der Waals surface area contributed by atoms with Gasteiger partial charge in [0.25, 0.3) is 0 Å². The fourth-order valence-electron chi connectivity index (χ4n) is 12.9. The molecule has 54 heavy (non-hydrogen) atoms. The van der Waals surface area contributed by atoms with Crippen LogP contribution in [-0.4, -0.2) is 128 Å². The van der Waals surface area contributed by atoms with Gasteiger partial charge < -0.3 is 59.8 Å². The summed E-state index contributed by atoms with van der Waals surface area (Å²) >= 11 is 0. The highest BCUT2D eigenvalue weighted by atomic mass is 16.8. The van der Waals surface area contributed by atoms with Crippen molar-refractivity contribution < 1.29 is 59.8 Å². The molecule has 4 aliphatic carbocycles. The molecule has 8 N–H and O–H groups in total. The van der Waals surface area contributed by atoms with Crippen molar-refractivity contribution in [3.63, 3.8) is 0 Å². The van der Waals surface area contributed by atoms with Gasteiger partial charge in [-0.2, -0.15) is 0 Å². The Morgan fingerprint density at radius 3 is 1.91 bits per heavy atom. The molecule has 6 fully saturated rings. The van der Waals surface area contributed by atoms with Crippen molar-refractivity contribution in [2.24, 2.45) is 45.3 Å². The Morgan fingerprint density at radius 1 is 0.667 bits per heavy atom. The molecular formula is C42H70O12. The van der Waals surface area contributed by atoms with Crippen LogP contribution in [0.15, 0.2) is 23.3 Å². The van der Waals surface area contributed by atoms with Crippen molar-refractivity contribution in [3.8, 4) is 0 Å². The lowest BCUT2D eigenvalue weighted by molar-refractivity contribution is -0.378. The second-order valence-electron chi connectivity index (χ2n) is 19.4. The SMILES string of the molecule is CC(C)=CC/C=C(\C)C1CC[C@]2(C)C1[C@H](O)CC1[C@@]3(C)CC[C@H](O[C@@H]4O[C@H](CO)[C@@H](O)[C@H](O)[C@H]4O[C@@H]4O[C@H](CO)[C@@H](O)[C@H](O)[C@H]4O)C(C)(C)C3CC[C@]12C. The van der Waals surface area contributed by atoms with Gasteiger partial charge in [-0.05, 0) is 117 Å². The van der Waals surface area contributed by atoms with E-state index >= 15 is 0 Å².